The number of amides is 1. The van der Waals surface area contributed by atoms with Crippen molar-refractivity contribution in [3.05, 3.63) is 122 Å². The van der Waals surface area contributed by atoms with E-state index in [4.69, 9.17) is 28.4 Å². The van der Waals surface area contributed by atoms with Crippen molar-refractivity contribution in [3.63, 3.8) is 0 Å². The molecule has 3 saturated heterocycles. The molecule has 19 heteroatoms. The van der Waals surface area contributed by atoms with Crippen molar-refractivity contribution in [2.24, 2.45) is 0 Å². The molecule has 3 rings (SSSR count). The van der Waals surface area contributed by atoms with Gasteiger partial charge >= 0.3 is 0 Å². The van der Waals surface area contributed by atoms with Gasteiger partial charge in [-0.25, -0.2) is 0 Å². The highest BCUT2D eigenvalue weighted by molar-refractivity contribution is 5.76. The van der Waals surface area contributed by atoms with Crippen LogP contribution in [0.2, 0.25) is 0 Å². The molecule has 0 aromatic heterocycles. The summed E-state index contributed by atoms with van der Waals surface area (Å²) in [6.07, 6.45) is 56.0. The lowest BCUT2D eigenvalue weighted by Crippen LogP contribution is -2.66. The van der Waals surface area contributed by atoms with Gasteiger partial charge in [-0.3, -0.25) is 4.79 Å². The number of aliphatic hydroxyl groups excluding tert-OH is 11. The van der Waals surface area contributed by atoms with Gasteiger partial charge in [0.15, 0.2) is 18.9 Å². The third-order valence-electron chi connectivity index (χ3n) is 18.3. The maximum absolute atomic E-state index is 13.4. The fraction of sp³-hybridized carbons (Fsp3) is 0.738. The Balaban J connectivity index is 1.44. The molecule has 3 fully saturated rings. The molecule has 3 aliphatic rings. The van der Waals surface area contributed by atoms with Gasteiger partial charge in [0.25, 0.3) is 0 Å². The Labute approximate surface area is 595 Å². The fourth-order valence-electron chi connectivity index (χ4n) is 12.1. The minimum absolute atomic E-state index is 0.155. The van der Waals surface area contributed by atoms with Crippen molar-refractivity contribution in [2.45, 2.75) is 349 Å². The van der Waals surface area contributed by atoms with Crippen LogP contribution in [0.4, 0.5) is 0 Å². The molecule has 3 aliphatic heterocycles. The Morgan fingerprint density at radius 1 is 0.374 bits per heavy atom. The number of aliphatic hydroxyl groups is 11. The standard InChI is InChI=1S/C80H135NO18/c1-3-5-7-9-11-13-15-17-19-21-23-25-27-29-30-31-32-34-36-38-40-42-44-46-48-50-52-54-56-58-68(86)81-63(64(85)57-55-53-51-49-47-45-43-41-39-37-35-33-28-26-24-22-20-18-16-14-12-10-8-6-4-2)62-94-78-74(92)71(89)76(66(60-83)96-78)99-80-75(93)72(90)77(67(61-84)97-80)98-79-73(91)70(88)69(87)65(59-82)95-79/h5,7,11,13,17,19,23,25,29-30,32,34,38,40,44,46,50,52,55,57,63-67,69-80,82-85,87-93H,3-4,6,8-10,12,14-16,18,20-22,24,26-28,31,33,35-37,39,41-43,45,47-49,51,53-54,56,58-62H2,1-2H3,(H,81,86)/b7-5-,13-11-,19-17-,25-23-,30-29-,34-32-,40-38-,46-44-,52-50-,57-55+. The monoisotopic (exact) mass is 1400 g/mol. The van der Waals surface area contributed by atoms with Crippen LogP contribution in [0.25, 0.3) is 0 Å². The Bertz CT molecular complexity index is 2260. The summed E-state index contributed by atoms with van der Waals surface area (Å²) in [5.74, 6) is -0.336. The minimum Gasteiger partial charge on any atom is -0.394 e. The summed E-state index contributed by atoms with van der Waals surface area (Å²) in [5, 5.41) is 121. The van der Waals surface area contributed by atoms with Crippen LogP contribution < -0.4 is 5.32 Å². The lowest BCUT2D eigenvalue weighted by molar-refractivity contribution is -0.379. The van der Waals surface area contributed by atoms with Gasteiger partial charge in [0.1, 0.15) is 73.2 Å². The summed E-state index contributed by atoms with van der Waals surface area (Å²) in [6, 6.07) is -1.02. The topological polar surface area (TPSA) is 307 Å². The molecule has 12 N–H and O–H groups in total. The number of carbonyl (C=O) groups excluding carboxylic acids is 1. The molecule has 0 spiro atoms. The number of ether oxygens (including phenoxy) is 6. The predicted molar refractivity (Wildman–Crippen MR) is 392 cm³/mol. The predicted octanol–water partition coefficient (Wildman–Crippen LogP) is 11.9. The summed E-state index contributed by atoms with van der Waals surface area (Å²) >= 11 is 0. The summed E-state index contributed by atoms with van der Waals surface area (Å²) in [7, 11) is 0. The number of hydrogen-bond acceptors (Lipinski definition) is 18. The van der Waals surface area contributed by atoms with Gasteiger partial charge < -0.3 is 89.9 Å². The van der Waals surface area contributed by atoms with E-state index in [9.17, 15) is 61.0 Å². The van der Waals surface area contributed by atoms with E-state index < -0.39 is 124 Å². The Morgan fingerprint density at radius 2 is 0.697 bits per heavy atom. The van der Waals surface area contributed by atoms with E-state index in [2.05, 4.69) is 122 Å². The van der Waals surface area contributed by atoms with Gasteiger partial charge in [0.05, 0.1) is 38.6 Å². The molecule has 1 amide bonds. The van der Waals surface area contributed by atoms with E-state index in [1.54, 1.807) is 6.08 Å². The molecule has 0 bridgehead atoms. The van der Waals surface area contributed by atoms with Crippen molar-refractivity contribution in [2.75, 3.05) is 26.4 Å². The average Bonchev–Trinajstić information content (AvgIpc) is 0.785. The number of nitrogens with one attached hydrogen (secondary N) is 1. The highest BCUT2D eigenvalue weighted by Crippen LogP contribution is 2.33. The van der Waals surface area contributed by atoms with Crippen molar-refractivity contribution in [1.29, 1.82) is 0 Å². The van der Waals surface area contributed by atoms with Crippen molar-refractivity contribution >= 4 is 5.91 Å². The normalized spacial score (nSPS) is 27.3. The number of carbonyl (C=O) groups is 1. The molecule has 0 saturated carbocycles. The zero-order valence-electron chi connectivity index (χ0n) is 60.4. The van der Waals surface area contributed by atoms with Crippen LogP contribution in [0.5, 0.6) is 0 Å². The Kier molecular flexibility index (Phi) is 53.8. The van der Waals surface area contributed by atoms with Gasteiger partial charge in [-0.05, 0) is 83.5 Å². The minimum atomic E-state index is -1.99. The van der Waals surface area contributed by atoms with E-state index >= 15 is 0 Å². The number of rotatable bonds is 58. The maximum Gasteiger partial charge on any atom is 0.220 e. The van der Waals surface area contributed by atoms with Crippen LogP contribution in [0.3, 0.4) is 0 Å². The molecule has 17 atom stereocenters. The first-order chi connectivity index (χ1) is 48.3. The molecule has 568 valence electrons. The lowest BCUT2D eigenvalue weighted by Gasteiger charge is -2.48. The zero-order valence-corrected chi connectivity index (χ0v) is 60.4. The van der Waals surface area contributed by atoms with E-state index in [0.717, 1.165) is 83.5 Å². The number of allylic oxidation sites excluding steroid dienone is 19. The van der Waals surface area contributed by atoms with E-state index in [1.165, 1.54) is 128 Å². The average molecular weight is 1400 g/mol. The van der Waals surface area contributed by atoms with Gasteiger partial charge in [-0.1, -0.05) is 277 Å². The third-order valence-corrected chi connectivity index (χ3v) is 18.3. The van der Waals surface area contributed by atoms with Gasteiger partial charge in [-0.2, -0.15) is 0 Å². The Morgan fingerprint density at radius 3 is 1.08 bits per heavy atom. The van der Waals surface area contributed by atoms with E-state index in [-0.39, 0.29) is 18.9 Å². The first kappa shape index (κ1) is 89.4. The molecule has 19 nitrogen and oxygen atoms in total. The van der Waals surface area contributed by atoms with Crippen LogP contribution in [0, 0.1) is 0 Å². The fourth-order valence-corrected chi connectivity index (χ4v) is 12.1. The van der Waals surface area contributed by atoms with Crippen LogP contribution >= 0.6 is 0 Å². The summed E-state index contributed by atoms with van der Waals surface area (Å²) in [6.45, 7) is 1.59. The van der Waals surface area contributed by atoms with Crippen LogP contribution in [-0.4, -0.2) is 193 Å². The summed E-state index contributed by atoms with van der Waals surface area (Å²) in [5.41, 5.74) is 0. The lowest BCUT2D eigenvalue weighted by atomic mass is 9.96. The number of hydrogen-bond donors (Lipinski definition) is 12. The molecular formula is C80H135NO18. The highest BCUT2D eigenvalue weighted by Gasteiger charge is 2.53. The van der Waals surface area contributed by atoms with Gasteiger partial charge in [-0.15, -0.1) is 0 Å². The van der Waals surface area contributed by atoms with E-state index in [0.29, 0.717) is 12.8 Å². The molecule has 0 aromatic carbocycles. The molecule has 99 heavy (non-hydrogen) atoms. The zero-order chi connectivity index (χ0) is 71.8. The largest absolute Gasteiger partial charge is 0.394 e. The molecule has 0 aliphatic carbocycles. The highest BCUT2D eigenvalue weighted by atomic mass is 16.8. The Hall–Kier alpha value is -3.81. The molecule has 0 aromatic rings. The van der Waals surface area contributed by atoms with Crippen molar-refractivity contribution < 1.29 is 89.4 Å². The second-order valence-corrected chi connectivity index (χ2v) is 26.7. The third kappa shape index (κ3) is 40.2. The summed E-state index contributed by atoms with van der Waals surface area (Å²) < 4.78 is 34.4. The number of unbranched alkanes of at least 4 members (excludes halogenated alkanes) is 24. The van der Waals surface area contributed by atoms with Crippen molar-refractivity contribution in [3.8, 4) is 0 Å². The second kappa shape index (κ2) is 59.6. The van der Waals surface area contributed by atoms with Crippen LogP contribution in [0.1, 0.15) is 245 Å². The molecular weight excluding hydrogens is 1260 g/mol. The van der Waals surface area contributed by atoms with Crippen LogP contribution in [0.15, 0.2) is 122 Å². The molecule has 3 heterocycles. The first-order valence-corrected chi connectivity index (χ1v) is 38.3. The van der Waals surface area contributed by atoms with Gasteiger partial charge in [0.2, 0.25) is 5.91 Å². The maximum atomic E-state index is 13.4. The smallest absolute Gasteiger partial charge is 0.220 e. The van der Waals surface area contributed by atoms with E-state index in [1.807, 2.05) is 12.2 Å². The quantitative estimate of drug-likeness (QED) is 0.0199. The first-order valence-electron chi connectivity index (χ1n) is 38.3. The van der Waals surface area contributed by atoms with Gasteiger partial charge in [0, 0.05) is 6.42 Å². The summed E-state index contributed by atoms with van der Waals surface area (Å²) in [4.78, 5) is 13.4. The van der Waals surface area contributed by atoms with Crippen LogP contribution in [-0.2, 0) is 33.2 Å². The SMILES string of the molecule is CC/C=C\C/C=C\C/C=C\C/C=C\C/C=C\C/C=C\C/C=C\C/C=C\C/C=C\CCCC(=O)NC(COC1OC(CO)C(OC2OC(CO)C(OC3OC(CO)C(O)C(O)C3O)C(O)C2O)C(O)C1O)C(O)/C=C/CCCCCCCCCCCCCCCCCCCCCCCCC. The second-order valence-electron chi connectivity index (χ2n) is 26.7. The molecule has 17 unspecified atom stereocenters. The molecule has 0 radical (unpaired) electrons. The van der Waals surface area contributed by atoms with Crippen molar-refractivity contribution in [1.82, 2.24) is 5.32 Å².